The number of rotatable bonds is 5. The number of nitrogens with zero attached hydrogens (tertiary/aromatic N) is 2. The number of nitrogens with one attached hydrogen (secondary N) is 1. The Balaban J connectivity index is 1.41. The number of hydrogen-bond donors (Lipinski definition) is 1. The van der Waals surface area contributed by atoms with Gasteiger partial charge in [0, 0.05) is 38.2 Å². The summed E-state index contributed by atoms with van der Waals surface area (Å²) in [6, 6.07) is 10.0. The summed E-state index contributed by atoms with van der Waals surface area (Å²) in [6.07, 6.45) is 3.18. The number of fused-ring (bicyclic) bond motifs is 1. The van der Waals surface area contributed by atoms with Crippen LogP contribution in [0.3, 0.4) is 0 Å². The van der Waals surface area contributed by atoms with Crippen LogP contribution < -0.4 is 10.9 Å². The Bertz CT molecular complexity index is 854. The van der Waals surface area contributed by atoms with Gasteiger partial charge in [-0.2, -0.15) is 0 Å². The molecule has 1 amide bonds. The van der Waals surface area contributed by atoms with Crippen LogP contribution in [0, 0.1) is 11.8 Å². The average molecular weight is 339 g/mol. The van der Waals surface area contributed by atoms with E-state index in [9.17, 15) is 9.59 Å². The van der Waals surface area contributed by atoms with E-state index in [-0.39, 0.29) is 17.4 Å². The highest BCUT2D eigenvalue weighted by Gasteiger charge is 2.30. The number of carbonyl (C=O) groups is 1. The van der Waals surface area contributed by atoms with Crippen LogP contribution in [0.25, 0.3) is 10.9 Å². The third-order valence-corrected chi connectivity index (χ3v) is 5.48. The largest absolute Gasteiger partial charge is 0.356 e. The van der Waals surface area contributed by atoms with Gasteiger partial charge in [0.2, 0.25) is 5.91 Å². The Kier molecular flexibility index (Phi) is 4.34. The number of aromatic nitrogens is 1. The van der Waals surface area contributed by atoms with Crippen molar-refractivity contribution in [3.63, 3.8) is 0 Å². The molecule has 5 nitrogen and oxygen atoms in total. The first-order valence-electron chi connectivity index (χ1n) is 9.19. The van der Waals surface area contributed by atoms with Crippen molar-refractivity contribution >= 4 is 16.8 Å². The molecule has 132 valence electrons. The van der Waals surface area contributed by atoms with Gasteiger partial charge in [0.15, 0.2) is 0 Å². The third-order valence-electron chi connectivity index (χ3n) is 5.48. The number of carbonyl (C=O) groups excluding carboxylic acids is 1. The summed E-state index contributed by atoms with van der Waals surface area (Å²) in [5.41, 5.74) is 1.91. The lowest BCUT2D eigenvalue weighted by atomic mass is 10.1. The van der Waals surface area contributed by atoms with Crippen molar-refractivity contribution in [1.82, 2.24) is 14.8 Å². The molecule has 1 aromatic heterocycles. The second-order valence-corrected chi connectivity index (χ2v) is 7.50. The van der Waals surface area contributed by atoms with E-state index in [4.69, 9.17) is 0 Å². The Labute approximate surface area is 147 Å². The molecule has 0 spiro atoms. The second kappa shape index (κ2) is 6.64. The number of amides is 1. The van der Waals surface area contributed by atoms with E-state index in [1.807, 2.05) is 31.3 Å². The van der Waals surface area contributed by atoms with Gasteiger partial charge in [-0.05, 0) is 49.2 Å². The van der Waals surface area contributed by atoms with Crippen LogP contribution in [-0.4, -0.2) is 35.0 Å². The highest BCUT2D eigenvalue weighted by molar-refractivity contribution is 5.81. The highest BCUT2D eigenvalue weighted by Crippen LogP contribution is 2.29. The minimum absolute atomic E-state index is 0.0872. The SMILES string of the molecule is Cn1c(=O)c(CN2CC[C@@H](CNC(=O)C3CC3)C2)cc2ccccc21. The zero-order valence-electron chi connectivity index (χ0n) is 14.7. The van der Waals surface area contributed by atoms with Gasteiger partial charge >= 0.3 is 0 Å². The molecule has 0 bridgehead atoms. The van der Waals surface area contributed by atoms with Crippen molar-refractivity contribution in [3.05, 3.63) is 46.2 Å². The Morgan fingerprint density at radius 3 is 2.84 bits per heavy atom. The lowest BCUT2D eigenvalue weighted by Crippen LogP contribution is -2.32. The molecule has 1 atom stereocenters. The van der Waals surface area contributed by atoms with Crippen molar-refractivity contribution in [2.75, 3.05) is 19.6 Å². The van der Waals surface area contributed by atoms with E-state index in [1.54, 1.807) is 4.57 Å². The summed E-state index contributed by atoms with van der Waals surface area (Å²) in [7, 11) is 1.84. The van der Waals surface area contributed by atoms with Gasteiger partial charge in [-0.25, -0.2) is 0 Å². The summed E-state index contributed by atoms with van der Waals surface area (Å²) < 4.78 is 1.74. The Morgan fingerprint density at radius 1 is 1.24 bits per heavy atom. The number of hydrogen-bond acceptors (Lipinski definition) is 3. The molecule has 0 unspecified atom stereocenters. The van der Waals surface area contributed by atoms with Gasteiger partial charge in [0.1, 0.15) is 0 Å². The van der Waals surface area contributed by atoms with E-state index < -0.39 is 0 Å². The van der Waals surface area contributed by atoms with Crippen LogP contribution in [0.4, 0.5) is 0 Å². The third kappa shape index (κ3) is 3.47. The van der Waals surface area contributed by atoms with Gasteiger partial charge in [0.05, 0.1) is 5.52 Å². The summed E-state index contributed by atoms with van der Waals surface area (Å²) in [5, 5.41) is 4.19. The zero-order chi connectivity index (χ0) is 17.4. The molecule has 1 aliphatic heterocycles. The topological polar surface area (TPSA) is 54.3 Å². The molecule has 1 aliphatic carbocycles. The van der Waals surface area contributed by atoms with Crippen molar-refractivity contribution < 1.29 is 4.79 Å². The molecule has 5 heteroatoms. The number of aryl methyl sites for hydroxylation is 1. The first kappa shape index (κ1) is 16.3. The minimum Gasteiger partial charge on any atom is -0.356 e. The van der Waals surface area contributed by atoms with Crippen LogP contribution in [-0.2, 0) is 18.4 Å². The molecule has 2 aliphatic rings. The molecule has 25 heavy (non-hydrogen) atoms. The zero-order valence-corrected chi connectivity index (χ0v) is 14.7. The van der Waals surface area contributed by atoms with Crippen LogP contribution in [0.15, 0.2) is 35.1 Å². The maximum Gasteiger partial charge on any atom is 0.255 e. The monoisotopic (exact) mass is 339 g/mol. The van der Waals surface area contributed by atoms with Crippen molar-refractivity contribution in [1.29, 1.82) is 0 Å². The molecule has 2 aromatic rings. The predicted molar refractivity (Wildman–Crippen MR) is 98.3 cm³/mol. The normalized spacial score (nSPS) is 20.9. The van der Waals surface area contributed by atoms with Crippen LogP contribution in [0.1, 0.15) is 24.8 Å². The van der Waals surface area contributed by atoms with Crippen molar-refractivity contribution in [2.45, 2.75) is 25.8 Å². The standard InChI is InChI=1S/C20H25N3O2/c1-22-18-5-3-2-4-16(18)10-17(20(22)25)13-23-9-8-14(12-23)11-21-19(24)15-6-7-15/h2-5,10,14-15H,6-9,11-13H2,1H3,(H,21,24)/t14-/m0/s1. The first-order chi connectivity index (χ1) is 12.1. The Hall–Kier alpha value is -2.14. The summed E-state index contributed by atoms with van der Waals surface area (Å²) >= 11 is 0. The van der Waals surface area contributed by atoms with Gasteiger partial charge in [-0.15, -0.1) is 0 Å². The van der Waals surface area contributed by atoms with Crippen LogP contribution in [0.5, 0.6) is 0 Å². The van der Waals surface area contributed by atoms with Crippen LogP contribution in [0.2, 0.25) is 0 Å². The second-order valence-electron chi connectivity index (χ2n) is 7.50. The molecule has 1 saturated carbocycles. The maximum atomic E-state index is 12.6. The quantitative estimate of drug-likeness (QED) is 0.905. The van der Waals surface area contributed by atoms with Crippen LogP contribution >= 0.6 is 0 Å². The number of para-hydroxylation sites is 1. The fourth-order valence-corrected chi connectivity index (χ4v) is 3.80. The molecular weight excluding hydrogens is 314 g/mol. The molecule has 1 aromatic carbocycles. The molecule has 2 fully saturated rings. The number of pyridine rings is 1. The highest BCUT2D eigenvalue weighted by atomic mass is 16.2. The van der Waals surface area contributed by atoms with E-state index >= 15 is 0 Å². The summed E-state index contributed by atoms with van der Waals surface area (Å²) in [5.74, 6) is 0.993. The van der Waals surface area contributed by atoms with E-state index in [0.29, 0.717) is 12.5 Å². The summed E-state index contributed by atoms with van der Waals surface area (Å²) in [4.78, 5) is 26.7. The van der Waals surface area contributed by atoms with Crippen molar-refractivity contribution in [3.8, 4) is 0 Å². The molecule has 2 heterocycles. The van der Waals surface area contributed by atoms with E-state index in [1.165, 1.54) is 0 Å². The molecule has 1 saturated heterocycles. The molecule has 0 radical (unpaired) electrons. The maximum absolute atomic E-state index is 12.6. The Morgan fingerprint density at radius 2 is 2.04 bits per heavy atom. The van der Waals surface area contributed by atoms with E-state index in [0.717, 1.165) is 55.4 Å². The van der Waals surface area contributed by atoms with Gasteiger partial charge in [-0.3, -0.25) is 14.5 Å². The average Bonchev–Trinajstić information content (AvgIpc) is 3.38. The lowest BCUT2D eigenvalue weighted by Gasteiger charge is -2.17. The van der Waals surface area contributed by atoms with Gasteiger partial charge in [-0.1, -0.05) is 18.2 Å². The minimum atomic E-state index is 0.0872. The smallest absolute Gasteiger partial charge is 0.255 e. The van der Waals surface area contributed by atoms with E-state index in [2.05, 4.69) is 16.3 Å². The fourth-order valence-electron chi connectivity index (χ4n) is 3.80. The summed E-state index contributed by atoms with van der Waals surface area (Å²) in [6.45, 7) is 3.38. The molecular formula is C20H25N3O2. The predicted octanol–water partition coefficient (Wildman–Crippen LogP) is 1.89. The fraction of sp³-hybridized carbons (Fsp3) is 0.500. The van der Waals surface area contributed by atoms with Gasteiger partial charge in [0.25, 0.3) is 5.56 Å². The molecule has 1 N–H and O–H groups in total. The van der Waals surface area contributed by atoms with Crippen molar-refractivity contribution in [2.24, 2.45) is 18.9 Å². The number of benzene rings is 1. The lowest BCUT2D eigenvalue weighted by molar-refractivity contribution is -0.122. The van der Waals surface area contributed by atoms with Gasteiger partial charge < -0.3 is 9.88 Å². The first-order valence-corrected chi connectivity index (χ1v) is 9.19. The molecule has 4 rings (SSSR count). The number of likely N-dealkylation sites (tertiary alicyclic amines) is 1.